The molecule has 0 bridgehead atoms. The van der Waals surface area contributed by atoms with Gasteiger partial charge in [-0.15, -0.1) is 0 Å². The summed E-state index contributed by atoms with van der Waals surface area (Å²) in [6, 6.07) is 77.5. The molecule has 8 aromatic carbocycles. The van der Waals surface area contributed by atoms with Crippen molar-refractivity contribution in [3.05, 3.63) is 218 Å². The van der Waals surface area contributed by atoms with Crippen molar-refractivity contribution in [2.24, 2.45) is 0 Å². The third-order valence-electron chi connectivity index (χ3n) is 9.06. The highest BCUT2D eigenvalue weighted by Crippen LogP contribution is 2.37. The van der Waals surface area contributed by atoms with Gasteiger partial charge in [0, 0.05) is 34.1 Å². The number of rotatable bonds is 9. The molecule has 0 heterocycles. The van der Waals surface area contributed by atoms with Gasteiger partial charge in [-0.3, -0.25) is 0 Å². The van der Waals surface area contributed by atoms with E-state index < -0.39 is 0 Å². The lowest BCUT2D eigenvalue weighted by Crippen LogP contribution is -2.09. The van der Waals surface area contributed by atoms with Crippen LogP contribution in [0.15, 0.2) is 218 Å². The van der Waals surface area contributed by atoms with Gasteiger partial charge in [0.1, 0.15) is 0 Å². The molecule has 0 aromatic heterocycles. The Kier molecular flexibility index (Phi) is 8.73. The fourth-order valence-corrected chi connectivity index (χ4v) is 6.54. The van der Waals surface area contributed by atoms with E-state index in [0.29, 0.717) is 0 Å². The zero-order valence-corrected chi connectivity index (χ0v) is 27.7. The van der Waals surface area contributed by atoms with E-state index in [1.165, 1.54) is 33.4 Å². The van der Waals surface area contributed by atoms with E-state index in [4.69, 9.17) is 0 Å². The molecule has 50 heavy (non-hydrogen) atoms. The number of para-hydroxylation sites is 4. The SMILES string of the molecule is c1ccc(N(c2ccccc2)c2ccc(-c3ccc(-c4cccc(-c5ccc(N(c6ccccc6)c6ccccc6)cc5)c4)cc3)cc2)cc1. The molecule has 8 aromatic rings. The summed E-state index contributed by atoms with van der Waals surface area (Å²) >= 11 is 0. The van der Waals surface area contributed by atoms with Crippen LogP contribution in [0.4, 0.5) is 34.1 Å². The van der Waals surface area contributed by atoms with Crippen LogP contribution < -0.4 is 9.80 Å². The minimum Gasteiger partial charge on any atom is -0.311 e. The third-order valence-corrected chi connectivity index (χ3v) is 9.06. The van der Waals surface area contributed by atoms with E-state index in [9.17, 15) is 0 Å². The number of hydrogen-bond acceptors (Lipinski definition) is 2. The molecule has 8 rings (SSSR count). The average Bonchev–Trinajstić information content (AvgIpc) is 3.20. The average molecular weight is 641 g/mol. The minimum absolute atomic E-state index is 1.12. The van der Waals surface area contributed by atoms with Crippen LogP contribution in [0.3, 0.4) is 0 Å². The fourth-order valence-electron chi connectivity index (χ4n) is 6.54. The molecule has 0 amide bonds. The first-order valence-electron chi connectivity index (χ1n) is 17.0. The quantitative estimate of drug-likeness (QED) is 0.155. The van der Waals surface area contributed by atoms with Gasteiger partial charge in [0.15, 0.2) is 0 Å². The Morgan fingerprint density at radius 3 is 0.720 bits per heavy atom. The third kappa shape index (κ3) is 6.56. The number of benzene rings is 8. The first kappa shape index (κ1) is 30.7. The molecule has 0 unspecified atom stereocenters. The van der Waals surface area contributed by atoms with E-state index in [-0.39, 0.29) is 0 Å². The molecular formula is C48H36N2. The topological polar surface area (TPSA) is 6.48 Å². The van der Waals surface area contributed by atoms with Gasteiger partial charge in [-0.2, -0.15) is 0 Å². The maximum atomic E-state index is 2.29. The normalized spacial score (nSPS) is 10.8. The molecule has 2 heteroatoms. The Labute approximate surface area is 294 Å². The lowest BCUT2D eigenvalue weighted by molar-refractivity contribution is 1.28. The Morgan fingerprint density at radius 2 is 0.420 bits per heavy atom. The van der Waals surface area contributed by atoms with Crippen molar-refractivity contribution < 1.29 is 0 Å². The van der Waals surface area contributed by atoms with Crippen LogP contribution >= 0.6 is 0 Å². The smallest absolute Gasteiger partial charge is 0.0462 e. The van der Waals surface area contributed by atoms with Crippen molar-refractivity contribution in [3.8, 4) is 33.4 Å². The Morgan fingerprint density at radius 1 is 0.180 bits per heavy atom. The maximum absolute atomic E-state index is 2.29. The highest BCUT2D eigenvalue weighted by molar-refractivity contribution is 5.81. The molecule has 0 fully saturated rings. The van der Waals surface area contributed by atoms with Crippen LogP contribution in [0.2, 0.25) is 0 Å². The number of anilines is 6. The molecule has 0 atom stereocenters. The lowest BCUT2D eigenvalue weighted by atomic mass is 9.97. The van der Waals surface area contributed by atoms with Crippen LogP contribution in [-0.4, -0.2) is 0 Å². The lowest BCUT2D eigenvalue weighted by Gasteiger charge is -2.25. The van der Waals surface area contributed by atoms with Crippen molar-refractivity contribution in [3.63, 3.8) is 0 Å². The predicted octanol–water partition coefficient (Wildman–Crippen LogP) is 13.6. The standard InChI is InChI=1S/C48H36N2/c1-5-16-43(17-6-1)49(44-18-7-2-8-19-44)47-32-28-38(29-33-47)37-24-26-39(27-25-37)41-14-13-15-42(36-41)40-30-34-48(35-31-40)50(45-20-9-3-10-21-45)46-22-11-4-12-23-46/h1-36H. The highest BCUT2D eigenvalue weighted by atomic mass is 15.1. The van der Waals surface area contributed by atoms with Crippen LogP contribution in [0.25, 0.3) is 33.4 Å². The van der Waals surface area contributed by atoms with E-state index >= 15 is 0 Å². The van der Waals surface area contributed by atoms with Gasteiger partial charge in [0.05, 0.1) is 0 Å². The second-order valence-electron chi connectivity index (χ2n) is 12.3. The van der Waals surface area contributed by atoms with Gasteiger partial charge in [0.25, 0.3) is 0 Å². The van der Waals surface area contributed by atoms with Gasteiger partial charge >= 0.3 is 0 Å². The first-order valence-corrected chi connectivity index (χ1v) is 17.0. The van der Waals surface area contributed by atoms with Crippen molar-refractivity contribution in [1.82, 2.24) is 0 Å². The van der Waals surface area contributed by atoms with E-state index in [1.54, 1.807) is 0 Å². The molecule has 0 N–H and O–H groups in total. The Balaban J connectivity index is 1.02. The second kappa shape index (κ2) is 14.2. The maximum Gasteiger partial charge on any atom is 0.0462 e. The zero-order chi connectivity index (χ0) is 33.5. The Hall–Kier alpha value is -6.64. The van der Waals surface area contributed by atoms with E-state index in [2.05, 4.69) is 228 Å². The van der Waals surface area contributed by atoms with Crippen LogP contribution in [0.5, 0.6) is 0 Å². The fraction of sp³-hybridized carbons (Fsp3) is 0. The monoisotopic (exact) mass is 640 g/mol. The highest BCUT2D eigenvalue weighted by Gasteiger charge is 2.14. The molecule has 0 radical (unpaired) electrons. The summed E-state index contributed by atoms with van der Waals surface area (Å²) in [5, 5.41) is 0. The van der Waals surface area contributed by atoms with Gasteiger partial charge in [0.2, 0.25) is 0 Å². The molecule has 238 valence electrons. The van der Waals surface area contributed by atoms with Crippen molar-refractivity contribution in [2.45, 2.75) is 0 Å². The van der Waals surface area contributed by atoms with Crippen molar-refractivity contribution >= 4 is 34.1 Å². The molecule has 0 saturated carbocycles. The van der Waals surface area contributed by atoms with Gasteiger partial charge in [-0.25, -0.2) is 0 Å². The minimum atomic E-state index is 1.12. The first-order chi connectivity index (χ1) is 24.8. The van der Waals surface area contributed by atoms with E-state index in [0.717, 1.165) is 34.1 Å². The summed E-state index contributed by atoms with van der Waals surface area (Å²) < 4.78 is 0. The summed E-state index contributed by atoms with van der Waals surface area (Å²) in [5.41, 5.74) is 13.9. The molecule has 0 aliphatic heterocycles. The second-order valence-corrected chi connectivity index (χ2v) is 12.3. The molecule has 2 nitrogen and oxygen atoms in total. The summed E-state index contributed by atoms with van der Waals surface area (Å²) in [6.07, 6.45) is 0. The van der Waals surface area contributed by atoms with Gasteiger partial charge in [-0.1, -0.05) is 140 Å². The molecule has 0 aliphatic rings. The largest absolute Gasteiger partial charge is 0.311 e. The van der Waals surface area contributed by atoms with Crippen LogP contribution in [0.1, 0.15) is 0 Å². The summed E-state index contributed by atoms with van der Waals surface area (Å²) in [6.45, 7) is 0. The van der Waals surface area contributed by atoms with Gasteiger partial charge in [-0.05, 0) is 112 Å². The Bertz CT molecular complexity index is 2190. The van der Waals surface area contributed by atoms with Crippen molar-refractivity contribution in [1.29, 1.82) is 0 Å². The van der Waals surface area contributed by atoms with Crippen molar-refractivity contribution in [2.75, 3.05) is 9.80 Å². The molecule has 0 spiro atoms. The van der Waals surface area contributed by atoms with Gasteiger partial charge < -0.3 is 9.80 Å². The van der Waals surface area contributed by atoms with Crippen LogP contribution in [-0.2, 0) is 0 Å². The molecule has 0 aliphatic carbocycles. The number of hydrogen-bond donors (Lipinski definition) is 0. The molecule has 0 saturated heterocycles. The summed E-state index contributed by atoms with van der Waals surface area (Å²) in [4.78, 5) is 4.58. The zero-order valence-electron chi connectivity index (χ0n) is 27.7. The summed E-state index contributed by atoms with van der Waals surface area (Å²) in [5.74, 6) is 0. The predicted molar refractivity (Wildman–Crippen MR) is 212 cm³/mol. The summed E-state index contributed by atoms with van der Waals surface area (Å²) in [7, 11) is 0. The van der Waals surface area contributed by atoms with E-state index in [1.807, 2.05) is 0 Å². The molecular weight excluding hydrogens is 605 g/mol. The number of nitrogens with zero attached hydrogens (tertiary/aromatic N) is 2. The van der Waals surface area contributed by atoms with Crippen LogP contribution in [0, 0.1) is 0 Å².